The smallest absolute Gasteiger partial charge is 0.411 e. The number of anilines is 2. The summed E-state index contributed by atoms with van der Waals surface area (Å²) >= 11 is 0. The van der Waals surface area contributed by atoms with E-state index >= 15 is 0 Å². The lowest BCUT2D eigenvalue weighted by atomic mass is 10.3. The maximum Gasteiger partial charge on any atom is 0.411 e. The summed E-state index contributed by atoms with van der Waals surface area (Å²) in [6.45, 7) is 0. The van der Waals surface area contributed by atoms with Crippen LogP contribution in [0.5, 0.6) is 0 Å². The molecule has 0 aliphatic rings. The third-order valence-electron chi connectivity index (χ3n) is 1.77. The van der Waals surface area contributed by atoms with Crippen molar-refractivity contribution in [1.29, 1.82) is 0 Å². The summed E-state index contributed by atoms with van der Waals surface area (Å²) in [5.74, 6) is 0. The van der Waals surface area contributed by atoms with Gasteiger partial charge in [0.15, 0.2) is 0 Å². The fourth-order valence-corrected chi connectivity index (χ4v) is 1.54. The van der Waals surface area contributed by atoms with Gasteiger partial charge in [-0.05, 0) is 18.2 Å². The van der Waals surface area contributed by atoms with E-state index in [1.807, 2.05) is 0 Å². The summed E-state index contributed by atoms with van der Waals surface area (Å²) in [6.07, 6.45) is -0.699. The lowest BCUT2D eigenvalue weighted by Crippen LogP contribution is -2.15. The van der Waals surface area contributed by atoms with Crippen LogP contribution >= 0.6 is 0 Å². The van der Waals surface area contributed by atoms with Gasteiger partial charge in [-0.2, -0.15) is 0 Å². The number of nitrogens with one attached hydrogen (secondary N) is 1. The molecule has 0 atom stereocenters. The van der Waals surface area contributed by atoms with Crippen molar-refractivity contribution in [3.63, 3.8) is 0 Å². The Hall–Kier alpha value is -1.80. The first-order valence-corrected chi connectivity index (χ1v) is 5.66. The Morgan fingerprint density at radius 2 is 2.06 bits per heavy atom. The van der Waals surface area contributed by atoms with Crippen molar-refractivity contribution in [2.45, 2.75) is 4.90 Å². The van der Waals surface area contributed by atoms with Crippen LogP contribution in [-0.4, -0.2) is 21.6 Å². The van der Waals surface area contributed by atoms with E-state index in [4.69, 9.17) is 10.9 Å². The second-order valence-corrected chi connectivity index (χ2v) is 4.47. The summed E-state index contributed by atoms with van der Waals surface area (Å²) < 4.78 is 26.3. The number of ether oxygens (including phenoxy) is 1. The van der Waals surface area contributed by atoms with Crippen molar-refractivity contribution >= 4 is 27.5 Å². The summed E-state index contributed by atoms with van der Waals surface area (Å²) in [5, 5.41) is 7.22. The Balaban J connectivity index is 3.06. The van der Waals surface area contributed by atoms with E-state index in [0.717, 1.165) is 6.07 Å². The molecule has 1 aromatic rings. The standard InChI is InChI=1S/C8H11N3O4S/c1-15-8(12)11-7-3-2-5(4-6(7)9)16(10,13)14/h2-4H,9H2,1H3,(H,11,12)(H2,10,13,14). The first kappa shape index (κ1) is 12.3. The van der Waals surface area contributed by atoms with Crippen LogP contribution in [0, 0.1) is 0 Å². The monoisotopic (exact) mass is 245 g/mol. The molecule has 0 radical (unpaired) electrons. The van der Waals surface area contributed by atoms with Gasteiger partial charge < -0.3 is 10.5 Å². The van der Waals surface area contributed by atoms with E-state index in [2.05, 4.69) is 10.1 Å². The molecule has 88 valence electrons. The Morgan fingerprint density at radius 1 is 1.44 bits per heavy atom. The van der Waals surface area contributed by atoms with Gasteiger partial charge in [0.25, 0.3) is 0 Å². The molecule has 0 bridgehead atoms. The molecule has 0 aliphatic heterocycles. The second-order valence-electron chi connectivity index (χ2n) is 2.91. The fourth-order valence-electron chi connectivity index (χ4n) is 0.993. The second kappa shape index (κ2) is 4.37. The minimum absolute atomic E-state index is 0.0805. The highest BCUT2D eigenvalue weighted by Gasteiger charge is 2.11. The molecule has 0 fully saturated rings. The lowest BCUT2D eigenvalue weighted by molar-refractivity contribution is 0.187. The Labute approximate surface area is 92.4 Å². The first-order valence-electron chi connectivity index (χ1n) is 4.12. The third kappa shape index (κ3) is 2.84. The van der Waals surface area contributed by atoms with Crippen molar-refractivity contribution in [1.82, 2.24) is 0 Å². The molecule has 7 nitrogen and oxygen atoms in total. The molecule has 5 N–H and O–H groups in total. The van der Waals surface area contributed by atoms with Crippen LogP contribution in [-0.2, 0) is 14.8 Å². The summed E-state index contributed by atoms with van der Waals surface area (Å²) in [7, 11) is -2.60. The summed E-state index contributed by atoms with van der Waals surface area (Å²) in [5.41, 5.74) is 5.86. The minimum atomic E-state index is -3.80. The maximum absolute atomic E-state index is 11.0. The highest BCUT2D eigenvalue weighted by Crippen LogP contribution is 2.21. The number of sulfonamides is 1. The van der Waals surface area contributed by atoms with Crippen LogP contribution < -0.4 is 16.2 Å². The van der Waals surface area contributed by atoms with Gasteiger partial charge in [0, 0.05) is 0 Å². The zero-order chi connectivity index (χ0) is 12.3. The Kier molecular flexibility index (Phi) is 3.35. The molecular formula is C8H11N3O4S. The molecule has 16 heavy (non-hydrogen) atoms. The highest BCUT2D eigenvalue weighted by molar-refractivity contribution is 7.89. The van der Waals surface area contributed by atoms with Gasteiger partial charge in [-0.25, -0.2) is 18.4 Å². The van der Waals surface area contributed by atoms with Crippen LogP contribution in [0.3, 0.4) is 0 Å². The van der Waals surface area contributed by atoms with Crippen molar-refractivity contribution in [2.24, 2.45) is 5.14 Å². The van der Waals surface area contributed by atoms with E-state index < -0.39 is 16.1 Å². The summed E-state index contributed by atoms with van der Waals surface area (Å²) in [4.78, 5) is 10.8. The fraction of sp³-hybridized carbons (Fsp3) is 0.125. The maximum atomic E-state index is 11.0. The molecule has 0 spiro atoms. The van der Waals surface area contributed by atoms with Crippen LogP contribution in [0.15, 0.2) is 23.1 Å². The normalized spacial score (nSPS) is 10.9. The molecule has 0 aromatic heterocycles. The number of primary sulfonamides is 1. The molecule has 0 aliphatic carbocycles. The number of benzene rings is 1. The molecule has 0 saturated heterocycles. The predicted octanol–water partition coefficient (Wildman–Crippen LogP) is 0.0945. The molecule has 1 amide bonds. The van der Waals surface area contributed by atoms with Gasteiger partial charge >= 0.3 is 6.09 Å². The molecule has 0 unspecified atom stereocenters. The number of carbonyl (C=O) groups is 1. The minimum Gasteiger partial charge on any atom is -0.453 e. The van der Waals surface area contributed by atoms with Gasteiger partial charge in [-0.3, -0.25) is 5.32 Å². The SMILES string of the molecule is COC(=O)Nc1ccc(S(N)(=O)=O)cc1N. The lowest BCUT2D eigenvalue weighted by Gasteiger charge is -2.08. The van der Waals surface area contributed by atoms with Gasteiger partial charge in [0.05, 0.1) is 23.4 Å². The van der Waals surface area contributed by atoms with Crippen LogP contribution in [0.2, 0.25) is 0 Å². The topological polar surface area (TPSA) is 125 Å². The predicted molar refractivity (Wildman–Crippen MR) is 58.3 cm³/mol. The number of rotatable bonds is 2. The van der Waals surface area contributed by atoms with Crippen LogP contribution in [0.25, 0.3) is 0 Å². The van der Waals surface area contributed by atoms with E-state index in [-0.39, 0.29) is 16.3 Å². The van der Waals surface area contributed by atoms with E-state index in [1.165, 1.54) is 19.2 Å². The average molecular weight is 245 g/mol. The van der Waals surface area contributed by atoms with Gasteiger partial charge in [0.2, 0.25) is 10.0 Å². The van der Waals surface area contributed by atoms with Crippen LogP contribution in [0.4, 0.5) is 16.2 Å². The molecular weight excluding hydrogens is 234 g/mol. The quantitative estimate of drug-likeness (QED) is 0.637. The Bertz CT molecular complexity index is 512. The zero-order valence-electron chi connectivity index (χ0n) is 8.43. The number of nitrogen functional groups attached to an aromatic ring is 1. The van der Waals surface area contributed by atoms with Crippen molar-refractivity contribution in [2.75, 3.05) is 18.2 Å². The molecule has 0 saturated carbocycles. The number of hydrogen-bond donors (Lipinski definition) is 3. The van der Waals surface area contributed by atoms with E-state index in [0.29, 0.717) is 0 Å². The van der Waals surface area contributed by atoms with Crippen molar-refractivity contribution in [3.8, 4) is 0 Å². The molecule has 0 heterocycles. The third-order valence-corrected chi connectivity index (χ3v) is 2.68. The number of hydrogen-bond acceptors (Lipinski definition) is 5. The van der Waals surface area contributed by atoms with E-state index in [1.54, 1.807) is 0 Å². The van der Waals surface area contributed by atoms with Gasteiger partial charge in [-0.15, -0.1) is 0 Å². The molecule has 1 aromatic carbocycles. The number of amides is 1. The number of carbonyl (C=O) groups excluding carboxylic acids is 1. The number of nitrogens with two attached hydrogens (primary N) is 2. The Morgan fingerprint density at radius 3 is 2.50 bits per heavy atom. The largest absolute Gasteiger partial charge is 0.453 e. The molecule has 1 rings (SSSR count). The van der Waals surface area contributed by atoms with E-state index in [9.17, 15) is 13.2 Å². The molecule has 8 heteroatoms. The average Bonchev–Trinajstić information content (AvgIpc) is 2.19. The van der Waals surface area contributed by atoms with Gasteiger partial charge in [0.1, 0.15) is 0 Å². The first-order chi connectivity index (χ1) is 7.34. The highest BCUT2D eigenvalue weighted by atomic mass is 32.2. The summed E-state index contributed by atoms with van der Waals surface area (Å²) in [6, 6.07) is 3.71. The number of methoxy groups -OCH3 is 1. The van der Waals surface area contributed by atoms with Crippen LogP contribution in [0.1, 0.15) is 0 Å². The van der Waals surface area contributed by atoms with Crippen molar-refractivity contribution < 1.29 is 17.9 Å². The zero-order valence-corrected chi connectivity index (χ0v) is 9.24. The van der Waals surface area contributed by atoms with Crippen molar-refractivity contribution in [3.05, 3.63) is 18.2 Å². The van der Waals surface area contributed by atoms with Gasteiger partial charge in [-0.1, -0.05) is 0 Å².